The van der Waals surface area contributed by atoms with Gasteiger partial charge in [0.1, 0.15) is 5.82 Å². The van der Waals surface area contributed by atoms with Crippen LogP contribution in [0, 0.1) is 5.92 Å². The summed E-state index contributed by atoms with van der Waals surface area (Å²) in [7, 11) is 0. The van der Waals surface area contributed by atoms with Gasteiger partial charge < -0.3 is 15.4 Å². The van der Waals surface area contributed by atoms with Crippen molar-refractivity contribution in [3.63, 3.8) is 0 Å². The van der Waals surface area contributed by atoms with E-state index in [2.05, 4.69) is 27.8 Å². The van der Waals surface area contributed by atoms with Gasteiger partial charge in [0.05, 0.1) is 6.10 Å². The lowest BCUT2D eigenvalue weighted by atomic mass is 10.00. The number of aromatic nitrogens is 2. The van der Waals surface area contributed by atoms with Gasteiger partial charge >= 0.3 is 0 Å². The summed E-state index contributed by atoms with van der Waals surface area (Å²) in [6, 6.07) is 3.45. The van der Waals surface area contributed by atoms with Crippen molar-refractivity contribution < 1.29 is 9.53 Å². The van der Waals surface area contributed by atoms with Gasteiger partial charge in [0, 0.05) is 25.6 Å². The standard InChI is InChI=1S/C14H22N4O2/c1-3-12-10(7-8-20-12)9-16-14(19)11-5-6-13(15-4-2)18-17-11/h5-6,10,12H,3-4,7-9H2,1-2H3,(H,15,18)(H,16,19). The van der Waals surface area contributed by atoms with Gasteiger partial charge in [-0.3, -0.25) is 4.79 Å². The molecule has 20 heavy (non-hydrogen) atoms. The molecule has 1 aliphatic rings. The molecule has 1 amide bonds. The molecule has 1 aromatic heterocycles. The molecule has 1 fully saturated rings. The monoisotopic (exact) mass is 278 g/mol. The van der Waals surface area contributed by atoms with Gasteiger partial charge in [0.2, 0.25) is 0 Å². The molecule has 0 saturated carbocycles. The average molecular weight is 278 g/mol. The minimum atomic E-state index is -0.178. The second-order valence-corrected chi connectivity index (χ2v) is 4.91. The Balaban J connectivity index is 1.85. The summed E-state index contributed by atoms with van der Waals surface area (Å²) < 4.78 is 5.61. The summed E-state index contributed by atoms with van der Waals surface area (Å²) in [6.07, 6.45) is 2.25. The van der Waals surface area contributed by atoms with Gasteiger partial charge in [0.25, 0.3) is 5.91 Å². The minimum absolute atomic E-state index is 0.178. The first kappa shape index (κ1) is 14.7. The maximum absolute atomic E-state index is 12.0. The molecule has 6 heteroatoms. The predicted molar refractivity (Wildman–Crippen MR) is 76.7 cm³/mol. The first-order chi connectivity index (χ1) is 9.74. The number of ether oxygens (including phenoxy) is 1. The second-order valence-electron chi connectivity index (χ2n) is 4.91. The molecule has 1 aliphatic heterocycles. The van der Waals surface area contributed by atoms with Gasteiger partial charge in [-0.25, -0.2) is 0 Å². The molecule has 6 nitrogen and oxygen atoms in total. The fourth-order valence-electron chi connectivity index (χ4n) is 2.42. The SMILES string of the molecule is CCNc1ccc(C(=O)NCC2CCOC2CC)nn1. The third-order valence-corrected chi connectivity index (χ3v) is 3.53. The van der Waals surface area contributed by atoms with Crippen LogP contribution in [0.2, 0.25) is 0 Å². The van der Waals surface area contributed by atoms with Crippen molar-refractivity contribution in [2.24, 2.45) is 5.92 Å². The molecule has 2 N–H and O–H groups in total. The largest absolute Gasteiger partial charge is 0.378 e. The molecule has 1 saturated heterocycles. The Hall–Kier alpha value is -1.69. The van der Waals surface area contributed by atoms with E-state index in [9.17, 15) is 4.79 Å². The van der Waals surface area contributed by atoms with E-state index >= 15 is 0 Å². The van der Waals surface area contributed by atoms with E-state index in [0.29, 0.717) is 24.0 Å². The van der Waals surface area contributed by atoms with E-state index in [0.717, 1.165) is 26.0 Å². The molecule has 110 valence electrons. The number of rotatable bonds is 6. The molecule has 2 heterocycles. The Morgan fingerprint density at radius 3 is 2.90 bits per heavy atom. The van der Waals surface area contributed by atoms with Crippen LogP contribution in [-0.2, 0) is 4.74 Å². The second kappa shape index (κ2) is 7.19. The van der Waals surface area contributed by atoms with Crippen molar-refractivity contribution in [1.29, 1.82) is 0 Å². The molecular formula is C14H22N4O2. The lowest BCUT2D eigenvalue weighted by Crippen LogP contribution is -2.33. The zero-order chi connectivity index (χ0) is 14.4. The van der Waals surface area contributed by atoms with Crippen LogP contribution in [0.15, 0.2) is 12.1 Å². The van der Waals surface area contributed by atoms with Gasteiger partial charge in [-0.1, -0.05) is 6.92 Å². The smallest absolute Gasteiger partial charge is 0.271 e. The maximum atomic E-state index is 12.0. The van der Waals surface area contributed by atoms with E-state index in [-0.39, 0.29) is 12.0 Å². The van der Waals surface area contributed by atoms with Crippen LogP contribution in [0.4, 0.5) is 5.82 Å². The van der Waals surface area contributed by atoms with Crippen LogP contribution in [0.3, 0.4) is 0 Å². The minimum Gasteiger partial charge on any atom is -0.378 e. The van der Waals surface area contributed by atoms with E-state index in [4.69, 9.17) is 4.74 Å². The third kappa shape index (κ3) is 3.66. The van der Waals surface area contributed by atoms with E-state index in [1.807, 2.05) is 6.92 Å². The summed E-state index contributed by atoms with van der Waals surface area (Å²) >= 11 is 0. The number of hydrogen-bond donors (Lipinski definition) is 2. The Morgan fingerprint density at radius 2 is 2.25 bits per heavy atom. The van der Waals surface area contributed by atoms with Crippen molar-refractivity contribution in [3.05, 3.63) is 17.8 Å². The summed E-state index contributed by atoms with van der Waals surface area (Å²) in [6.45, 7) is 6.29. The molecule has 1 aromatic rings. The zero-order valence-electron chi connectivity index (χ0n) is 12.1. The van der Waals surface area contributed by atoms with Crippen molar-refractivity contribution in [2.75, 3.05) is 25.0 Å². The van der Waals surface area contributed by atoms with Gasteiger partial charge in [0.15, 0.2) is 5.69 Å². The molecule has 2 rings (SSSR count). The highest BCUT2D eigenvalue weighted by molar-refractivity contribution is 5.92. The molecule has 0 aromatic carbocycles. The maximum Gasteiger partial charge on any atom is 0.271 e. The highest BCUT2D eigenvalue weighted by atomic mass is 16.5. The third-order valence-electron chi connectivity index (χ3n) is 3.53. The van der Waals surface area contributed by atoms with Crippen LogP contribution in [0.5, 0.6) is 0 Å². The summed E-state index contributed by atoms with van der Waals surface area (Å²) in [5.41, 5.74) is 0.346. The molecule has 0 radical (unpaired) electrons. The molecule has 0 bridgehead atoms. The summed E-state index contributed by atoms with van der Waals surface area (Å²) in [5, 5.41) is 13.8. The number of hydrogen-bond acceptors (Lipinski definition) is 5. The zero-order valence-corrected chi connectivity index (χ0v) is 12.1. The van der Waals surface area contributed by atoms with Crippen LogP contribution in [0.1, 0.15) is 37.2 Å². The van der Waals surface area contributed by atoms with E-state index in [1.165, 1.54) is 0 Å². The Kier molecular flexibility index (Phi) is 5.29. The summed E-state index contributed by atoms with van der Waals surface area (Å²) in [5.74, 6) is 0.902. The van der Waals surface area contributed by atoms with Gasteiger partial charge in [-0.15, -0.1) is 10.2 Å². The lowest BCUT2D eigenvalue weighted by Gasteiger charge is -2.16. The van der Waals surface area contributed by atoms with Crippen molar-refractivity contribution in [2.45, 2.75) is 32.8 Å². The average Bonchev–Trinajstić information content (AvgIpc) is 2.93. The molecule has 2 unspecified atom stereocenters. The molecular weight excluding hydrogens is 256 g/mol. The Labute approximate surface area is 119 Å². The highest BCUT2D eigenvalue weighted by Gasteiger charge is 2.27. The fourth-order valence-corrected chi connectivity index (χ4v) is 2.42. The number of nitrogens with one attached hydrogen (secondary N) is 2. The van der Waals surface area contributed by atoms with Crippen LogP contribution >= 0.6 is 0 Å². The molecule has 0 aliphatic carbocycles. The van der Waals surface area contributed by atoms with Gasteiger partial charge in [-0.2, -0.15) is 0 Å². The first-order valence-electron chi connectivity index (χ1n) is 7.22. The number of carbonyl (C=O) groups excluding carboxylic acids is 1. The number of carbonyl (C=O) groups is 1. The predicted octanol–water partition coefficient (Wildman–Crippen LogP) is 1.45. The van der Waals surface area contributed by atoms with Crippen molar-refractivity contribution in [1.82, 2.24) is 15.5 Å². The number of amides is 1. The number of anilines is 1. The van der Waals surface area contributed by atoms with Crippen molar-refractivity contribution in [3.8, 4) is 0 Å². The lowest BCUT2D eigenvalue weighted by molar-refractivity contribution is 0.0824. The van der Waals surface area contributed by atoms with Gasteiger partial charge in [-0.05, 0) is 31.9 Å². The van der Waals surface area contributed by atoms with Crippen LogP contribution in [0.25, 0.3) is 0 Å². The first-order valence-corrected chi connectivity index (χ1v) is 7.22. The topological polar surface area (TPSA) is 76.1 Å². The highest BCUT2D eigenvalue weighted by Crippen LogP contribution is 2.22. The molecule has 2 atom stereocenters. The Morgan fingerprint density at radius 1 is 1.40 bits per heavy atom. The Bertz CT molecular complexity index is 435. The van der Waals surface area contributed by atoms with E-state index in [1.54, 1.807) is 12.1 Å². The summed E-state index contributed by atoms with van der Waals surface area (Å²) in [4.78, 5) is 12.0. The fraction of sp³-hybridized carbons (Fsp3) is 0.643. The normalized spacial score (nSPS) is 21.7. The molecule has 0 spiro atoms. The number of nitrogens with zero attached hydrogens (tertiary/aromatic N) is 2. The van der Waals surface area contributed by atoms with E-state index < -0.39 is 0 Å². The van der Waals surface area contributed by atoms with Crippen molar-refractivity contribution >= 4 is 11.7 Å². The quantitative estimate of drug-likeness (QED) is 0.823. The van der Waals surface area contributed by atoms with Crippen LogP contribution < -0.4 is 10.6 Å². The van der Waals surface area contributed by atoms with Crippen LogP contribution in [-0.4, -0.2) is 41.9 Å².